The highest BCUT2D eigenvalue weighted by atomic mass is 19.1. The molecule has 3 N–H and O–H groups in total. The van der Waals surface area contributed by atoms with Crippen molar-refractivity contribution in [2.75, 3.05) is 0 Å². The van der Waals surface area contributed by atoms with Crippen molar-refractivity contribution in [1.29, 1.82) is 0 Å². The molecule has 0 aromatic carbocycles. The van der Waals surface area contributed by atoms with Gasteiger partial charge in [0.25, 0.3) is 0 Å². The van der Waals surface area contributed by atoms with E-state index in [1.807, 2.05) is 12.2 Å². The average molecular weight is 385 g/mol. The predicted molar refractivity (Wildman–Crippen MR) is 104 cm³/mol. The van der Waals surface area contributed by atoms with E-state index in [-0.39, 0.29) is 36.2 Å². The van der Waals surface area contributed by atoms with E-state index in [0.717, 1.165) is 44.9 Å². The van der Waals surface area contributed by atoms with E-state index in [4.69, 9.17) is 5.11 Å². The number of carboxylic acids is 1. The Morgan fingerprint density at radius 3 is 2.56 bits per heavy atom. The van der Waals surface area contributed by atoms with E-state index in [9.17, 15) is 19.4 Å². The molecule has 0 heterocycles. The van der Waals surface area contributed by atoms with Gasteiger partial charge in [-0.25, -0.2) is 4.39 Å². The topological polar surface area (TPSA) is 77.8 Å². The number of carbonyl (C=O) groups is 1. The van der Waals surface area contributed by atoms with Gasteiger partial charge in [0.2, 0.25) is 0 Å². The first-order valence-electron chi connectivity index (χ1n) is 10.8. The lowest BCUT2D eigenvalue weighted by Crippen LogP contribution is -2.40. The van der Waals surface area contributed by atoms with Crippen molar-refractivity contribution in [1.82, 2.24) is 0 Å². The smallest absolute Gasteiger partial charge is 0.303 e. The SMILES string of the molecule is CCC1([C@@H](O)C/C=C/[C@@H]2[C@@H](CCCCCCC(=O)O)[C@H](F)C[C@H]2O)CCC1. The maximum Gasteiger partial charge on any atom is 0.303 e. The largest absolute Gasteiger partial charge is 0.481 e. The van der Waals surface area contributed by atoms with E-state index >= 15 is 0 Å². The Bertz CT molecular complexity index is 483. The molecule has 4 nitrogen and oxygen atoms in total. The van der Waals surface area contributed by atoms with Gasteiger partial charge in [0.1, 0.15) is 6.17 Å². The van der Waals surface area contributed by atoms with Crippen LogP contribution in [0.3, 0.4) is 0 Å². The zero-order valence-electron chi connectivity index (χ0n) is 16.7. The van der Waals surface area contributed by atoms with Gasteiger partial charge in [0.05, 0.1) is 12.2 Å². The van der Waals surface area contributed by atoms with Gasteiger partial charge in [0.15, 0.2) is 0 Å². The first-order valence-corrected chi connectivity index (χ1v) is 10.8. The van der Waals surface area contributed by atoms with Crippen LogP contribution in [0.4, 0.5) is 4.39 Å². The fraction of sp³-hybridized carbons (Fsp3) is 0.864. The Labute approximate surface area is 162 Å². The van der Waals surface area contributed by atoms with Crippen molar-refractivity contribution in [2.24, 2.45) is 17.3 Å². The van der Waals surface area contributed by atoms with Gasteiger partial charge in [-0.3, -0.25) is 4.79 Å². The molecule has 0 aromatic rings. The van der Waals surface area contributed by atoms with Crippen LogP contribution >= 0.6 is 0 Å². The number of hydrogen-bond acceptors (Lipinski definition) is 3. The zero-order valence-corrected chi connectivity index (χ0v) is 16.7. The first kappa shape index (κ1) is 22.4. The third kappa shape index (κ3) is 6.02. The Morgan fingerprint density at radius 2 is 1.96 bits per heavy atom. The van der Waals surface area contributed by atoms with Crippen molar-refractivity contribution in [3.05, 3.63) is 12.2 Å². The Hall–Kier alpha value is -0.940. The number of rotatable bonds is 12. The number of alkyl halides is 1. The van der Waals surface area contributed by atoms with Gasteiger partial charge in [-0.1, -0.05) is 44.8 Å². The lowest BCUT2D eigenvalue weighted by atomic mass is 9.63. The maximum absolute atomic E-state index is 14.3. The summed E-state index contributed by atoms with van der Waals surface area (Å²) in [7, 11) is 0. The third-order valence-electron chi connectivity index (χ3n) is 7.03. The molecule has 2 aliphatic rings. The van der Waals surface area contributed by atoms with Crippen LogP contribution in [0.25, 0.3) is 0 Å². The molecule has 5 heteroatoms. The number of carboxylic acid groups (broad SMARTS) is 1. The summed E-state index contributed by atoms with van der Waals surface area (Å²) in [6.07, 6.45) is 11.2. The molecule has 2 aliphatic carbocycles. The van der Waals surface area contributed by atoms with E-state index < -0.39 is 18.2 Å². The second-order valence-electron chi connectivity index (χ2n) is 8.66. The number of aliphatic carboxylic acids is 1. The van der Waals surface area contributed by atoms with Crippen LogP contribution in [0.15, 0.2) is 12.2 Å². The fourth-order valence-corrected chi connectivity index (χ4v) is 4.91. The van der Waals surface area contributed by atoms with E-state index in [1.54, 1.807) is 0 Å². The van der Waals surface area contributed by atoms with Crippen LogP contribution in [0.2, 0.25) is 0 Å². The quantitative estimate of drug-likeness (QED) is 0.338. The summed E-state index contributed by atoms with van der Waals surface area (Å²) in [5, 5.41) is 29.4. The molecule has 2 saturated carbocycles. The first-order chi connectivity index (χ1) is 12.9. The monoisotopic (exact) mass is 384 g/mol. The highest BCUT2D eigenvalue weighted by Gasteiger charge is 2.42. The number of aliphatic hydroxyl groups is 2. The summed E-state index contributed by atoms with van der Waals surface area (Å²) in [6.45, 7) is 2.13. The van der Waals surface area contributed by atoms with Crippen molar-refractivity contribution < 1.29 is 24.5 Å². The van der Waals surface area contributed by atoms with Gasteiger partial charge in [-0.15, -0.1) is 0 Å². The van der Waals surface area contributed by atoms with Crippen molar-refractivity contribution in [3.8, 4) is 0 Å². The van der Waals surface area contributed by atoms with Gasteiger partial charge in [0, 0.05) is 18.8 Å². The van der Waals surface area contributed by atoms with E-state index in [2.05, 4.69) is 6.92 Å². The number of hydrogen-bond donors (Lipinski definition) is 3. The number of unbranched alkanes of at least 4 members (excludes halogenated alkanes) is 3. The molecule has 0 aliphatic heterocycles. The summed E-state index contributed by atoms with van der Waals surface area (Å²) in [5.41, 5.74) is 0.0661. The second-order valence-corrected chi connectivity index (χ2v) is 8.66. The second kappa shape index (κ2) is 10.6. The molecular weight excluding hydrogens is 347 g/mol. The molecule has 27 heavy (non-hydrogen) atoms. The number of halogens is 1. The Balaban J connectivity index is 1.77. The fourth-order valence-electron chi connectivity index (χ4n) is 4.91. The molecule has 0 spiro atoms. The molecule has 0 aromatic heterocycles. The molecule has 0 radical (unpaired) electrons. The summed E-state index contributed by atoms with van der Waals surface area (Å²) in [5.74, 6) is -1.11. The van der Waals surface area contributed by atoms with Gasteiger partial charge in [-0.2, -0.15) is 0 Å². The van der Waals surface area contributed by atoms with Gasteiger partial charge in [-0.05, 0) is 49.9 Å². The highest BCUT2D eigenvalue weighted by molar-refractivity contribution is 5.66. The van der Waals surface area contributed by atoms with Crippen LogP contribution in [0.5, 0.6) is 0 Å². The molecule has 2 fully saturated rings. The minimum Gasteiger partial charge on any atom is -0.481 e. The normalized spacial score (nSPS) is 31.1. The van der Waals surface area contributed by atoms with Crippen molar-refractivity contribution in [2.45, 2.75) is 102 Å². The lowest BCUT2D eigenvalue weighted by Gasteiger charge is -2.45. The average Bonchev–Trinajstić information content (AvgIpc) is 2.84. The number of aliphatic hydroxyl groups excluding tert-OH is 2. The Morgan fingerprint density at radius 1 is 1.26 bits per heavy atom. The molecule has 0 unspecified atom stereocenters. The van der Waals surface area contributed by atoms with Crippen molar-refractivity contribution >= 4 is 5.97 Å². The lowest BCUT2D eigenvalue weighted by molar-refractivity contribution is -0.137. The zero-order chi connectivity index (χ0) is 19.9. The molecule has 2 rings (SSSR count). The molecule has 0 bridgehead atoms. The summed E-state index contributed by atoms with van der Waals surface area (Å²) in [4.78, 5) is 10.5. The summed E-state index contributed by atoms with van der Waals surface area (Å²) < 4.78 is 14.3. The molecule has 5 atom stereocenters. The standard InChI is InChI=1S/C22H37FO4/c1-2-22(13-8-14-22)20(25)11-7-10-17-16(18(23)15-19(17)24)9-5-3-4-6-12-21(26)27/h7,10,16-20,24-25H,2-6,8-9,11-15H2,1H3,(H,26,27)/b10-7+/t16-,17-,18-,19-,20+/m1/s1. The maximum atomic E-state index is 14.3. The van der Waals surface area contributed by atoms with Crippen LogP contribution < -0.4 is 0 Å². The summed E-state index contributed by atoms with van der Waals surface area (Å²) >= 11 is 0. The van der Waals surface area contributed by atoms with Crippen molar-refractivity contribution in [3.63, 3.8) is 0 Å². The van der Waals surface area contributed by atoms with Crippen LogP contribution in [-0.2, 0) is 4.79 Å². The van der Waals surface area contributed by atoms with Crippen LogP contribution in [0.1, 0.15) is 84.0 Å². The van der Waals surface area contributed by atoms with E-state index in [0.29, 0.717) is 12.8 Å². The van der Waals surface area contributed by atoms with Gasteiger partial charge < -0.3 is 15.3 Å². The third-order valence-corrected chi connectivity index (χ3v) is 7.03. The minimum atomic E-state index is -0.979. The molecule has 156 valence electrons. The van der Waals surface area contributed by atoms with E-state index in [1.165, 1.54) is 6.42 Å². The predicted octanol–water partition coefficient (Wildman–Crippen LogP) is 4.63. The molecule has 0 amide bonds. The van der Waals surface area contributed by atoms with Crippen LogP contribution in [-0.4, -0.2) is 39.7 Å². The summed E-state index contributed by atoms with van der Waals surface area (Å²) in [6, 6.07) is 0. The van der Waals surface area contributed by atoms with Crippen LogP contribution in [0, 0.1) is 17.3 Å². The Kier molecular flexibility index (Phi) is 8.74. The minimum absolute atomic E-state index is 0.0661. The molecular formula is C22H37FO4. The van der Waals surface area contributed by atoms with Gasteiger partial charge >= 0.3 is 5.97 Å². The molecule has 0 saturated heterocycles. The highest BCUT2D eigenvalue weighted by Crippen LogP contribution is 2.47.